The second-order valence-electron chi connectivity index (χ2n) is 6.29. The van der Waals surface area contributed by atoms with Crippen molar-refractivity contribution in [3.05, 3.63) is 76.0 Å². The van der Waals surface area contributed by atoms with Gasteiger partial charge in [0, 0.05) is 28.6 Å². The van der Waals surface area contributed by atoms with Crippen molar-refractivity contribution in [3.8, 4) is 10.4 Å². The summed E-state index contributed by atoms with van der Waals surface area (Å²) in [6.07, 6.45) is 3.35. The molecule has 0 aliphatic rings. The number of thiophene rings is 2. The summed E-state index contributed by atoms with van der Waals surface area (Å²) in [5.41, 5.74) is 1.59. The monoisotopic (exact) mass is 454 g/mol. The van der Waals surface area contributed by atoms with Crippen LogP contribution in [0.2, 0.25) is 0 Å². The molecule has 0 spiro atoms. The Kier molecular flexibility index (Phi) is 6.41. The van der Waals surface area contributed by atoms with Gasteiger partial charge >= 0.3 is 0 Å². The summed E-state index contributed by atoms with van der Waals surface area (Å²) in [7, 11) is 0. The van der Waals surface area contributed by atoms with Gasteiger partial charge in [0.05, 0.1) is 23.4 Å². The number of amides is 1. The highest BCUT2D eigenvalue weighted by Gasteiger charge is 2.18. The lowest BCUT2D eigenvalue weighted by Crippen LogP contribution is -2.26. The molecule has 0 aromatic carbocycles. The minimum absolute atomic E-state index is 0.110. The summed E-state index contributed by atoms with van der Waals surface area (Å²) in [5.74, 6) is 0.0149. The number of pyridine rings is 1. The number of hydrogen-bond acceptors (Lipinski definition) is 7. The van der Waals surface area contributed by atoms with E-state index in [0.717, 1.165) is 16.1 Å². The van der Waals surface area contributed by atoms with E-state index in [1.165, 1.54) is 23.1 Å². The summed E-state index contributed by atoms with van der Waals surface area (Å²) in [6, 6.07) is 9.52. The van der Waals surface area contributed by atoms with Gasteiger partial charge < -0.3 is 5.32 Å². The van der Waals surface area contributed by atoms with Gasteiger partial charge in [-0.2, -0.15) is 0 Å². The predicted octanol–water partition coefficient (Wildman–Crippen LogP) is 4.18. The van der Waals surface area contributed by atoms with Crippen LogP contribution in [0.25, 0.3) is 20.7 Å². The highest BCUT2D eigenvalue weighted by Crippen LogP contribution is 2.34. The lowest BCUT2D eigenvalue weighted by atomic mass is 10.2. The van der Waals surface area contributed by atoms with E-state index in [1.54, 1.807) is 28.2 Å². The minimum atomic E-state index is -0.143. The van der Waals surface area contributed by atoms with Crippen LogP contribution in [0.5, 0.6) is 0 Å². The second kappa shape index (κ2) is 9.38. The third-order valence-electron chi connectivity index (χ3n) is 4.28. The van der Waals surface area contributed by atoms with Crippen LogP contribution in [-0.4, -0.2) is 26.2 Å². The van der Waals surface area contributed by atoms with Crippen molar-refractivity contribution >= 4 is 50.6 Å². The second-order valence-corrected chi connectivity index (χ2v) is 9.04. The molecule has 0 bridgehead atoms. The van der Waals surface area contributed by atoms with Crippen molar-refractivity contribution in [1.29, 1.82) is 0 Å². The number of nitrogens with zero attached hydrogens (tertiary/aromatic N) is 3. The van der Waals surface area contributed by atoms with Crippen molar-refractivity contribution in [2.24, 2.45) is 0 Å². The zero-order valence-corrected chi connectivity index (χ0v) is 18.4. The first-order chi connectivity index (χ1) is 14.7. The maximum atomic E-state index is 13.2. The molecule has 0 aliphatic carbocycles. The summed E-state index contributed by atoms with van der Waals surface area (Å²) in [4.78, 5) is 36.1. The van der Waals surface area contributed by atoms with Gasteiger partial charge in [0.2, 0.25) is 5.91 Å². The average molecular weight is 455 g/mol. The van der Waals surface area contributed by atoms with Crippen LogP contribution in [0.4, 0.5) is 0 Å². The molecule has 4 aromatic rings. The Morgan fingerprint density at radius 2 is 2.17 bits per heavy atom. The Hall–Kier alpha value is -2.75. The van der Waals surface area contributed by atoms with Gasteiger partial charge in [0.25, 0.3) is 5.56 Å². The van der Waals surface area contributed by atoms with Gasteiger partial charge in [0.1, 0.15) is 4.83 Å². The van der Waals surface area contributed by atoms with Gasteiger partial charge in [-0.05, 0) is 23.6 Å². The largest absolute Gasteiger partial charge is 0.350 e. The number of thioether (sulfide) groups is 1. The molecular weight excluding hydrogens is 436 g/mol. The zero-order valence-electron chi connectivity index (χ0n) is 15.9. The van der Waals surface area contributed by atoms with Crippen molar-refractivity contribution in [2.45, 2.75) is 18.2 Å². The number of rotatable bonds is 8. The van der Waals surface area contributed by atoms with E-state index in [2.05, 4.69) is 21.9 Å². The molecular formula is C21H18N4O2S3. The van der Waals surface area contributed by atoms with Crippen molar-refractivity contribution in [1.82, 2.24) is 19.9 Å². The molecule has 0 saturated heterocycles. The predicted molar refractivity (Wildman–Crippen MR) is 124 cm³/mol. The first kappa shape index (κ1) is 20.5. The lowest BCUT2D eigenvalue weighted by Gasteiger charge is -2.10. The lowest BCUT2D eigenvalue weighted by molar-refractivity contribution is -0.118. The smallest absolute Gasteiger partial charge is 0.263 e. The van der Waals surface area contributed by atoms with E-state index in [9.17, 15) is 9.59 Å². The third-order valence-corrected chi connectivity index (χ3v) is 7.03. The fourth-order valence-corrected chi connectivity index (χ4v) is 5.53. The molecule has 0 radical (unpaired) electrons. The van der Waals surface area contributed by atoms with Crippen LogP contribution < -0.4 is 10.9 Å². The molecule has 0 fully saturated rings. The van der Waals surface area contributed by atoms with Gasteiger partial charge in [-0.3, -0.25) is 19.1 Å². The first-order valence-electron chi connectivity index (χ1n) is 9.13. The third kappa shape index (κ3) is 4.38. The molecule has 4 rings (SSSR count). The molecule has 6 nitrogen and oxygen atoms in total. The summed E-state index contributed by atoms with van der Waals surface area (Å²) < 4.78 is 1.58. The average Bonchev–Trinajstić information content (AvgIpc) is 3.43. The number of carbonyl (C=O) groups excluding carboxylic acids is 1. The number of nitrogens with one attached hydrogen (secondary N) is 1. The van der Waals surface area contributed by atoms with Crippen LogP contribution in [0.1, 0.15) is 5.69 Å². The van der Waals surface area contributed by atoms with Crippen molar-refractivity contribution in [2.75, 3.05) is 5.75 Å². The quantitative estimate of drug-likeness (QED) is 0.246. The Balaban J connectivity index is 1.56. The van der Waals surface area contributed by atoms with Gasteiger partial charge in [-0.1, -0.05) is 30.0 Å². The zero-order chi connectivity index (χ0) is 20.9. The van der Waals surface area contributed by atoms with E-state index in [1.807, 2.05) is 41.1 Å². The standard InChI is InChI=1S/C21H18N4O2S3/c1-2-9-25-20(27)18-15(16-7-5-10-28-16)12-29-19(18)24-21(25)30-13-17(26)23-11-14-6-3-4-8-22-14/h2-8,10,12H,1,9,11,13H2,(H,23,26). The molecule has 4 aromatic heterocycles. The first-order valence-corrected chi connectivity index (χ1v) is 11.9. The van der Waals surface area contributed by atoms with E-state index < -0.39 is 0 Å². The van der Waals surface area contributed by atoms with Gasteiger partial charge in [0.15, 0.2) is 5.16 Å². The van der Waals surface area contributed by atoms with Crippen LogP contribution >= 0.6 is 34.4 Å². The fraction of sp³-hybridized carbons (Fsp3) is 0.143. The molecule has 9 heteroatoms. The molecule has 1 N–H and O–H groups in total. The molecule has 30 heavy (non-hydrogen) atoms. The molecule has 0 aliphatic heterocycles. The van der Waals surface area contributed by atoms with Crippen LogP contribution in [0, 0.1) is 0 Å². The maximum absolute atomic E-state index is 13.2. The molecule has 0 saturated carbocycles. The summed E-state index contributed by atoms with van der Waals surface area (Å²) in [5, 5.41) is 7.93. The normalized spacial score (nSPS) is 10.9. The maximum Gasteiger partial charge on any atom is 0.263 e. The van der Waals surface area contributed by atoms with Crippen LogP contribution in [0.15, 0.2) is 69.9 Å². The van der Waals surface area contributed by atoms with Gasteiger partial charge in [-0.15, -0.1) is 29.3 Å². The van der Waals surface area contributed by atoms with E-state index in [0.29, 0.717) is 28.5 Å². The topological polar surface area (TPSA) is 76.9 Å². The van der Waals surface area contributed by atoms with E-state index in [-0.39, 0.29) is 17.2 Å². The van der Waals surface area contributed by atoms with Crippen molar-refractivity contribution in [3.63, 3.8) is 0 Å². The fourth-order valence-electron chi connectivity index (χ4n) is 2.89. The van der Waals surface area contributed by atoms with E-state index >= 15 is 0 Å². The van der Waals surface area contributed by atoms with Crippen LogP contribution in [0.3, 0.4) is 0 Å². The highest BCUT2D eigenvalue weighted by molar-refractivity contribution is 7.99. The van der Waals surface area contributed by atoms with E-state index in [4.69, 9.17) is 0 Å². The molecule has 152 valence electrons. The highest BCUT2D eigenvalue weighted by atomic mass is 32.2. The minimum Gasteiger partial charge on any atom is -0.350 e. The number of aromatic nitrogens is 3. The molecule has 0 unspecified atom stereocenters. The van der Waals surface area contributed by atoms with Crippen LogP contribution in [-0.2, 0) is 17.9 Å². The Labute approximate surface area is 185 Å². The summed E-state index contributed by atoms with van der Waals surface area (Å²) >= 11 is 4.28. The molecule has 4 heterocycles. The summed E-state index contributed by atoms with van der Waals surface area (Å²) in [6.45, 7) is 4.45. The number of carbonyl (C=O) groups is 1. The number of allylic oxidation sites excluding steroid dienone is 1. The Morgan fingerprint density at radius 1 is 1.27 bits per heavy atom. The Bertz CT molecular complexity index is 1230. The number of hydrogen-bond donors (Lipinski definition) is 1. The number of fused-ring (bicyclic) bond motifs is 1. The Morgan fingerprint density at radius 3 is 2.90 bits per heavy atom. The van der Waals surface area contributed by atoms with Gasteiger partial charge in [-0.25, -0.2) is 4.98 Å². The molecule has 0 atom stereocenters. The molecule has 1 amide bonds. The SMILES string of the molecule is C=CCn1c(SCC(=O)NCc2ccccn2)nc2scc(-c3cccs3)c2c1=O. The van der Waals surface area contributed by atoms with Crippen molar-refractivity contribution < 1.29 is 4.79 Å².